The minimum absolute atomic E-state index is 0.124. The highest BCUT2D eigenvalue weighted by Gasteiger charge is 2.69. The van der Waals surface area contributed by atoms with Crippen molar-refractivity contribution in [1.29, 1.82) is 0 Å². The quantitative estimate of drug-likeness (QED) is 0.706. The van der Waals surface area contributed by atoms with Gasteiger partial charge in [-0.05, 0) is 86.5 Å². The van der Waals surface area contributed by atoms with Crippen LogP contribution in [0.25, 0.3) is 0 Å². The molecule has 116 valence electrons. The molecule has 2 nitrogen and oxygen atoms in total. The van der Waals surface area contributed by atoms with Crippen LogP contribution in [0.1, 0.15) is 48.9 Å². The van der Waals surface area contributed by atoms with Crippen LogP contribution in [-0.4, -0.2) is 12.1 Å². The Morgan fingerprint density at radius 3 is 2.77 bits per heavy atom. The van der Waals surface area contributed by atoms with E-state index < -0.39 is 0 Å². The van der Waals surface area contributed by atoms with E-state index in [4.69, 9.17) is 4.74 Å². The van der Waals surface area contributed by atoms with Crippen LogP contribution in [0.2, 0.25) is 0 Å². The first kappa shape index (κ1) is 13.6. The van der Waals surface area contributed by atoms with E-state index in [9.17, 15) is 4.79 Å². The van der Waals surface area contributed by atoms with Gasteiger partial charge in [0.2, 0.25) is 0 Å². The molecule has 22 heavy (non-hydrogen) atoms. The molecule has 5 rings (SSSR count). The first-order valence-electron chi connectivity index (χ1n) is 8.63. The summed E-state index contributed by atoms with van der Waals surface area (Å²) in [5.41, 5.74) is 1.04. The van der Waals surface area contributed by atoms with Crippen LogP contribution >= 0.6 is 15.9 Å². The minimum Gasteiger partial charge on any atom is -0.458 e. The first-order chi connectivity index (χ1) is 10.7. The van der Waals surface area contributed by atoms with Crippen LogP contribution in [0.4, 0.5) is 0 Å². The monoisotopic (exact) mass is 360 g/mol. The normalized spacial score (nSPS) is 44.3. The molecule has 0 aliphatic heterocycles. The summed E-state index contributed by atoms with van der Waals surface area (Å²) in [5, 5.41) is 0. The summed E-state index contributed by atoms with van der Waals surface area (Å²) in [6.45, 7) is 0. The molecule has 0 heterocycles. The predicted molar refractivity (Wildman–Crippen MR) is 87.4 cm³/mol. The van der Waals surface area contributed by atoms with Gasteiger partial charge in [0.05, 0.1) is 5.56 Å². The number of hydrogen-bond donors (Lipinski definition) is 0. The van der Waals surface area contributed by atoms with Crippen molar-refractivity contribution in [3.8, 4) is 0 Å². The maximum atomic E-state index is 12.5. The lowest BCUT2D eigenvalue weighted by molar-refractivity contribution is -0.0549. The van der Waals surface area contributed by atoms with Crippen LogP contribution in [0.3, 0.4) is 0 Å². The van der Waals surface area contributed by atoms with Gasteiger partial charge in [0, 0.05) is 9.89 Å². The second-order valence-electron chi connectivity index (χ2n) is 7.93. The van der Waals surface area contributed by atoms with Crippen LogP contribution in [-0.2, 0) is 4.74 Å². The summed E-state index contributed by atoms with van der Waals surface area (Å²) < 4.78 is 7.07. The van der Waals surface area contributed by atoms with Crippen molar-refractivity contribution < 1.29 is 9.53 Å². The van der Waals surface area contributed by atoms with E-state index in [-0.39, 0.29) is 12.1 Å². The zero-order valence-electron chi connectivity index (χ0n) is 12.6. The molecule has 1 spiro atoms. The molecule has 0 saturated heterocycles. The SMILES string of the molecule is O=C(O[C@@H]1C[C@H]2C[C@H]3[C@H]4CC[C@@H](C4)[C@@]13C2)c1ccc(Br)cc1. The number of carbonyl (C=O) groups is 1. The highest BCUT2D eigenvalue weighted by molar-refractivity contribution is 9.10. The summed E-state index contributed by atoms with van der Waals surface area (Å²) in [7, 11) is 0. The molecule has 1 aromatic carbocycles. The Morgan fingerprint density at radius 1 is 1.14 bits per heavy atom. The van der Waals surface area contributed by atoms with Gasteiger partial charge in [-0.3, -0.25) is 0 Å². The summed E-state index contributed by atoms with van der Waals surface area (Å²) >= 11 is 3.42. The van der Waals surface area contributed by atoms with Crippen molar-refractivity contribution in [3.63, 3.8) is 0 Å². The average Bonchev–Trinajstić information content (AvgIpc) is 3.24. The average molecular weight is 361 g/mol. The van der Waals surface area contributed by atoms with Crippen molar-refractivity contribution in [2.24, 2.45) is 29.1 Å². The highest BCUT2D eigenvalue weighted by Crippen LogP contribution is 2.73. The number of esters is 1. The van der Waals surface area contributed by atoms with E-state index in [1.54, 1.807) is 0 Å². The first-order valence-corrected chi connectivity index (χ1v) is 9.42. The molecule has 0 aromatic heterocycles. The summed E-state index contributed by atoms with van der Waals surface area (Å²) in [5.74, 6) is 3.31. The third kappa shape index (κ3) is 1.69. The van der Waals surface area contributed by atoms with Gasteiger partial charge in [-0.15, -0.1) is 0 Å². The minimum atomic E-state index is -0.124. The predicted octanol–water partition coefficient (Wildman–Crippen LogP) is 4.82. The zero-order chi connectivity index (χ0) is 14.9. The van der Waals surface area contributed by atoms with Gasteiger partial charge in [0.15, 0.2) is 0 Å². The third-order valence-corrected chi connectivity index (χ3v) is 7.73. The standard InChI is InChI=1S/C19H21BrO2/c20-15-5-2-12(3-6-15)18(21)22-17-8-11-7-16-13-1-4-14(9-13)19(16,17)10-11/h2-3,5-6,11,13-14,16-17H,1,4,7-10H2/t11-,13+,14+,16+,17-,19-/m1/s1. The van der Waals surface area contributed by atoms with E-state index in [2.05, 4.69) is 15.9 Å². The molecule has 4 fully saturated rings. The van der Waals surface area contributed by atoms with Crippen LogP contribution in [0.15, 0.2) is 28.7 Å². The Kier molecular flexibility index (Phi) is 2.84. The maximum absolute atomic E-state index is 12.5. The second-order valence-corrected chi connectivity index (χ2v) is 8.85. The third-order valence-electron chi connectivity index (χ3n) is 7.20. The van der Waals surface area contributed by atoms with E-state index in [0.29, 0.717) is 11.0 Å². The lowest BCUT2D eigenvalue weighted by atomic mass is 9.64. The Morgan fingerprint density at radius 2 is 1.95 bits per heavy atom. The maximum Gasteiger partial charge on any atom is 0.338 e. The number of carbonyl (C=O) groups excluding carboxylic acids is 1. The number of benzene rings is 1. The fourth-order valence-corrected chi connectivity index (χ4v) is 6.82. The molecule has 0 unspecified atom stereocenters. The van der Waals surface area contributed by atoms with Gasteiger partial charge >= 0.3 is 5.97 Å². The van der Waals surface area contributed by atoms with E-state index in [0.717, 1.165) is 34.6 Å². The lowest BCUT2D eigenvalue weighted by Crippen LogP contribution is -2.44. The van der Waals surface area contributed by atoms with E-state index >= 15 is 0 Å². The number of fused-ring (bicyclic) bond motifs is 4. The molecule has 4 saturated carbocycles. The number of halogens is 1. The van der Waals surface area contributed by atoms with Crippen molar-refractivity contribution in [3.05, 3.63) is 34.3 Å². The van der Waals surface area contributed by atoms with Crippen molar-refractivity contribution in [1.82, 2.24) is 0 Å². The number of hydrogen-bond acceptors (Lipinski definition) is 2. The van der Waals surface area contributed by atoms with Crippen LogP contribution in [0, 0.1) is 29.1 Å². The molecule has 0 radical (unpaired) electrons. The molecule has 6 atom stereocenters. The Balaban J connectivity index is 1.40. The van der Waals surface area contributed by atoms with Gasteiger partial charge in [-0.2, -0.15) is 0 Å². The number of ether oxygens (including phenoxy) is 1. The van der Waals surface area contributed by atoms with Crippen molar-refractivity contribution in [2.75, 3.05) is 0 Å². The van der Waals surface area contributed by atoms with Crippen LogP contribution in [0.5, 0.6) is 0 Å². The molecule has 4 aliphatic carbocycles. The van der Waals surface area contributed by atoms with Crippen molar-refractivity contribution in [2.45, 2.75) is 44.6 Å². The Hall–Kier alpha value is -0.830. The molecular weight excluding hydrogens is 340 g/mol. The largest absolute Gasteiger partial charge is 0.458 e. The zero-order valence-corrected chi connectivity index (χ0v) is 14.2. The van der Waals surface area contributed by atoms with Gasteiger partial charge in [0.1, 0.15) is 6.10 Å². The fraction of sp³-hybridized carbons (Fsp3) is 0.632. The van der Waals surface area contributed by atoms with E-state index in [1.807, 2.05) is 24.3 Å². The molecular formula is C19H21BrO2. The second kappa shape index (κ2) is 4.59. The van der Waals surface area contributed by atoms with Gasteiger partial charge in [-0.25, -0.2) is 4.79 Å². The lowest BCUT2D eigenvalue weighted by Gasteiger charge is -2.44. The van der Waals surface area contributed by atoms with Gasteiger partial charge in [-0.1, -0.05) is 15.9 Å². The van der Waals surface area contributed by atoms with Crippen LogP contribution < -0.4 is 0 Å². The number of rotatable bonds is 2. The Labute approximate surface area is 139 Å². The molecule has 4 bridgehead atoms. The molecule has 4 aliphatic rings. The van der Waals surface area contributed by atoms with Gasteiger partial charge in [0.25, 0.3) is 0 Å². The van der Waals surface area contributed by atoms with E-state index in [1.165, 1.54) is 32.1 Å². The molecule has 0 amide bonds. The topological polar surface area (TPSA) is 26.3 Å². The summed E-state index contributed by atoms with van der Waals surface area (Å²) in [6.07, 6.45) is 8.25. The fourth-order valence-electron chi connectivity index (χ4n) is 6.56. The summed E-state index contributed by atoms with van der Waals surface area (Å²) in [4.78, 5) is 12.5. The molecule has 3 heteroatoms. The van der Waals surface area contributed by atoms with Crippen molar-refractivity contribution >= 4 is 21.9 Å². The molecule has 0 N–H and O–H groups in total. The Bertz CT molecular complexity index is 625. The smallest absolute Gasteiger partial charge is 0.338 e. The molecule has 1 aromatic rings. The summed E-state index contributed by atoms with van der Waals surface area (Å²) in [6, 6.07) is 7.54. The van der Waals surface area contributed by atoms with Gasteiger partial charge < -0.3 is 4.74 Å². The highest BCUT2D eigenvalue weighted by atomic mass is 79.9.